The van der Waals surface area contributed by atoms with Crippen LogP contribution in [0, 0.1) is 12.8 Å². The van der Waals surface area contributed by atoms with Gasteiger partial charge in [-0.1, -0.05) is 13.8 Å². The summed E-state index contributed by atoms with van der Waals surface area (Å²) in [6.07, 6.45) is 3.36. The first-order valence-electron chi connectivity index (χ1n) is 6.08. The minimum Gasteiger partial charge on any atom is -0.480 e. The lowest BCUT2D eigenvalue weighted by molar-refractivity contribution is -0.140. The van der Waals surface area contributed by atoms with Gasteiger partial charge in [-0.15, -0.1) is 0 Å². The van der Waals surface area contributed by atoms with Gasteiger partial charge in [-0.05, 0) is 30.0 Å². The van der Waals surface area contributed by atoms with Crippen LogP contribution in [-0.2, 0) is 11.3 Å². The Kier molecular flexibility index (Phi) is 5.29. The lowest BCUT2D eigenvalue weighted by Crippen LogP contribution is -2.48. The zero-order valence-corrected chi connectivity index (χ0v) is 11.3. The second-order valence-corrected chi connectivity index (χ2v) is 4.69. The summed E-state index contributed by atoms with van der Waals surface area (Å²) in [6, 6.07) is 0.433. The molecule has 1 aromatic heterocycles. The molecule has 1 aromatic rings. The fourth-order valence-electron chi connectivity index (χ4n) is 1.58. The van der Waals surface area contributed by atoms with Gasteiger partial charge in [0.2, 0.25) is 0 Å². The number of carbonyl (C=O) groups is 2. The molecule has 2 amide bonds. The van der Waals surface area contributed by atoms with Crippen LogP contribution in [0.1, 0.15) is 25.0 Å². The fourth-order valence-corrected chi connectivity index (χ4v) is 1.58. The van der Waals surface area contributed by atoms with Crippen LogP contribution >= 0.6 is 0 Å². The number of carboxylic acids is 1. The maximum absolute atomic E-state index is 11.6. The van der Waals surface area contributed by atoms with E-state index in [-0.39, 0.29) is 5.92 Å². The molecule has 0 saturated carbocycles. The van der Waals surface area contributed by atoms with E-state index in [0.717, 1.165) is 11.1 Å². The first-order valence-corrected chi connectivity index (χ1v) is 6.08. The summed E-state index contributed by atoms with van der Waals surface area (Å²) in [5.74, 6) is -1.21. The number of aromatic nitrogens is 1. The van der Waals surface area contributed by atoms with Crippen molar-refractivity contribution in [2.75, 3.05) is 0 Å². The number of nitrogens with one attached hydrogen (secondary N) is 2. The number of amides is 2. The molecule has 6 nitrogen and oxygen atoms in total. The second-order valence-electron chi connectivity index (χ2n) is 4.69. The number of urea groups is 1. The normalized spacial score (nSPS) is 12.0. The number of aliphatic carboxylic acids is 1. The molecule has 19 heavy (non-hydrogen) atoms. The Morgan fingerprint density at radius 3 is 2.63 bits per heavy atom. The maximum Gasteiger partial charge on any atom is 0.326 e. The Bertz CT molecular complexity index is 460. The van der Waals surface area contributed by atoms with Crippen LogP contribution in [0.25, 0.3) is 0 Å². The number of aryl methyl sites for hydroxylation is 1. The Morgan fingerprint density at radius 1 is 1.42 bits per heavy atom. The Hall–Kier alpha value is -2.11. The highest BCUT2D eigenvalue weighted by molar-refractivity contribution is 5.82. The molecule has 1 atom stereocenters. The van der Waals surface area contributed by atoms with Crippen molar-refractivity contribution in [3.8, 4) is 0 Å². The molecular weight excluding hydrogens is 246 g/mol. The van der Waals surface area contributed by atoms with Crippen LogP contribution < -0.4 is 10.6 Å². The van der Waals surface area contributed by atoms with Crippen molar-refractivity contribution < 1.29 is 14.7 Å². The highest BCUT2D eigenvalue weighted by Crippen LogP contribution is 2.04. The maximum atomic E-state index is 11.6. The highest BCUT2D eigenvalue weighted by Gasteiger charge is 2.23. The molecule has 0 bridgehead atoms. The van der Waals surface area contributed by atoms with Crippen molar-refractivity contribution in [2.24, 2.45) is 5.92 Å². The third-order valence-electron chi connectivity index (χ3n) is 2.80. The van der Waals surface area contributed by atoms with Crippen molar-refractivity contribution in [1.29, 1.82) is 0 Å². The zero-order chi connectivity index (χ0) is 14.4. The van der Waals surface area contributed by atoms with Crippen molar-refractivity contribution >= 4 is 12.0 Å². The summed E-state index contributed by atoms with van der Waals surface area (Å²) in [5, 5.41) is 14.1. The van der Waals surface area contributed by atoms with Crippen LogP contribution in [-0.4, -0.2) is 28.1 Å². The molecule has 0 aliphatic heterocycles. The van der Waals surface area contributed by atoms with Crippen LogP contribution in [0.5, 0.6) is 0 Å². The molecule has 0 saturated heterocycles. The van der Waals surface area contributed by atoms with Crippen LogP contribution in [0.3, 0.4) is 0 Å². The average Bonchev–Trinajstić information content (AvgIpc) is 2.34. The first-order chi connectivity index (χ1) is 8.91. The summed E-state index contributed by atoms with van der Waals surface area (Å²) in [6.45, 7) is 5.72. The molecule has 0 spiro atoms. The van der Waals surface area contributed by atoms with E-state index < -0.39 is 18.0 Å². The van der Waals surface area contributed by atoms with Crippen molar-refractivity contribution in [2.45, 2.75) is 33.4 Å². The number of hydrogen-bond acceptors (Lipinski definition) is 3. The molecule has 0 aliphatic carbocycles. The van der Waals surface area contributed by atoms with Gasteiger partial charge in [0, 0.05) is 18.9 Å². The quantitative estimate of drug-likeness (QED) is 0.748. The topological polar surface area (TPSA) is 91.3 Å². The summed E-state index contributed by atoms with van der Waals surface area (Å²) < 4.78 is 0. The van der Waals surface area contributed by atoms with Crippen LogP contribution in [0.15, 0.2) is 18.5 Å². The molecular formula is C13H19N3O3. The smallest absolute Gasteiger partial charge is 0.326 e. The van der Waals surface area contributed by atoms with Gasteiger partial charge in [0.15, 0.2) is 0 Å². The molecule has 0 radical (unpaired) electrons. The third kappa shape index (κ3) is 4.57. The molecule has 0 unspecified atom stereocenters. The predicted octanol–water partition coefficient (Wildman–Crippen LogP) is 1.30. The summed E-state index contributed by atoms with van der Waals surface area (Å²) >= 11 is 0. The van der Waals surface area contributed by atoms with E-state index in [9.17, 15) is 9.59 Å². The van der Waals surface area contributed by atoms with Gasteiger partial charge in [0.05, 0.1) is 0 Å². The summed E-state index contributed by atoms with van der Waals surface area (Å²) in [4.78, 5) is 26.6. The summed E-state index contributed by atoms with van der Waals surface area (Å²) in [5.41, 5.74) is 1.92. The van der Waals surface area contributed by atoms with Gasteiger partial charge in [0.1, 0.15) is 6.04 Å². The molecule has 0 aromatic carbocycles. The molecule has 0 aliphatic rings. The predicted molar refractivity (Wildman–Crippen MR) is 70.6 cm³/mol. The highest BCUT2D eigenvalue weighted by atomic mass is 16.4. The van der Waals surface area contributed by atoms with Gasteiger partial charge >= 0.3 is 12.0 Å². The molecule has 104 valence electrons. The zero-order valence-electron chi connectivity index (χ0n) is 11.3. The van der Waals surface area contributed by atoms with E-state index in [1.54, 1.807) is 26.2 Å². The molecule has 0 fully saturated rings. The fraction of sp³-hybridized carbons (Fsp3) is 0.462. The number of carbonyl (C=O) groups excluding carboxylic acids is 1. The van der Waals surface area contributed by atoms with Crippen molar-refractivity contribution in [1.82, 2.24) is 15.6 Å². The van der Waals surface area contributed by atoms with E-state index in [2.05, 4.69) is 15.6 Å². The van der Waals surface area contributed by atoms with Gasteiger partial charge in [0.25, 0.3) is 0 Å². The van der Waals surface area contributed by atoms with Crippen LogP contribution in [0.4, 0.5) is 4.79 Å². The molecule has 1 rings (SSSR count). The lowest BCUT2D eigenvalue weighted by atomic mass is 10.1. The monoisotopic (exact) mass is 265 g/mol. The minimum atomic E-state index is -1.04. The van der Waals surface area contributed by atoms with E-state index >= 15 is 0 Å². The van der Waals surface area contributed by atoms with Crippen molar-refractivity contribution in [3.63, 3.8) is 0 Å². The number of rotatable bonds is 5. The number of carboxylic acid groups (broad SMARTS) is 1. The number of hydrogen-bond donors (Lipinski definition) is 3. The van der Waals surface area contributed by atoms with E-state index in [0.29, 0.717) is 6.54 Å². The van der Waals surface area contributed by atoms with E-state index in [1.807, 2.05) is 13.0 Å². The minimum absolute atomic E-state index is 0.175. The number of pyridine rings is 1. The lowest BCUT2D eigenvalue weighted by Gasteiger charge is -2.18. The van der Waals surface area contributed by atoms with Gasteiger partial charge in [-0.3, -0.25) is 4.98 Å². The standard InChI is InChI=1S/C13H19N3O3/c1-8(2)11(12(17)18)16-13(19)15-7-10-4-5-14-6-9(10)3/h4-6,8,11H,7H2,1-3H3,(H,17,18)(H2,15,16,19)/t11-/m1/s1. The molecule has 3 N–H and O–H groups in total. The van der Waals surface area contributed by atoms with Crippen LogP contribution in [0.2, 0.25) is 0 Å². The van der Waals surface area contributed by atoms with Crippen molar-refractivity contribution in [3.05, 3.63) is 29.6 Å². The number of nitrogens with zero attached hydrogens (tertiary/aromatic N) is 1. The Labute approximate surface area is 112 Å². The second kappa shape index (κ2) is 6.72. The van der Waals surface area contributed by atoms with E-state index in [4.69, 9.17) is 5.11 Å². The van der Waals surface area contributed by atoms with Gasteiger partial charge < -0.3 is 15.7 Å². The van der Waals surface area contributed by atoms with E-state index in [1.165, 1.54) is 0 Å². The SMILES string of the molecule is Cc1cnccc1CNC(=O)N[C@@H](C(=O)O)C(C)C. The largest absolute Gasteiger partial charge is 0.480 e. The third-order valence-corrected chi connectivity index (χ3v) is 2.80. The average molecular weight is 265 g/mol. The first kappa shape index (κ1) is 14.9. The Morgan fingerprint density at radius 2 is 2.11 bits per heavy atom. The summed E-state index contributed by atoms with van der Waals surface area (Å²) in [7, 11) is 0. The van der Waals surface area contributed by atoms with Gasteiger partial charge in [-0.25, -0.2) is 9.59 Å². The Balaban J connectivity index is 2.52. The molecule has 6 heteroatoms. The van der Waals surface area contributed by atoms with Gasteiger partial charge in [-0.2, -0.15) is 0 Å². The molecule has 1 heterocycles.